The van der Waals surface area contributed by atoms with Gasteiger partial charge in [-0.05, 0) is 39.8 Å². The highest BCUT2D eigenvalue weighted by atomic mass is 16.5. The number of primary amides is 1. The SMILES string of the molecule is CC(C)N(CCOc1nc(C(N)=O)ccc1N)C(C)C. The highest BCUT2D eigenvalue weighted by Gasteiger charge is 2.14. The lowest BCUT2D eigenvalue weighted by Crippen LogP contribution is -2.39. The number of aromatic nitrogens is 1. The van der Waals surface area contributed by atoms with Crippen molar-refractivity contribution >= 4 is 11.6 Å². The van der Waals surface area contributed by atoms with Crippen LogP contribution in [0.5, 0.6) is 5.88 Å². The highest BCUT2D eigenvalue weighted by Crippen LogP contribution is 2.18. The summed E-state index contributed by atoms with van der Waals surface area (Å²) in [4.78, 5) is 17.4. The molecule has 0 aliphatic rings. The second kappa shape index (κ2) is 7.09. The van der Waals surface area contributed by atoms with Crippen molar-refractivity contribution in [3.63, 3.8) is 0 Å². The first-order chi connectivity index (χ1) is 9.32. The molecule has 0 saturated carbocycles. The summed E-state index contributed by atoms with van der Waals surface area (Å²) in [7, 11) is 0. The summed E-state index contributed by atoms with van der Waals surface area (Å²) in [6.07, 6.45) is 0. The Bertz CT molecular complexity index is 452. The van der Waals surface area contributed by atoms with E-state index in [9.17, 15) is 4.79 Å². The molecule has 0 saturated heterocycles. The van der Waals surface area contributed by atoms with Crippen molar-refractivity contribution in [2.45, 2.75) is 39.8 Å². The zero-order valence-electron chi connectivity index (χ0n) is 12.6. The summed E-state index contributed by atoms with van der Waals surface area (Å²) in [6, 6.07) is 3.92. The fourth-order valence-corrected chi connectivity index (χ4v) is 2.06. The number of ether oxygens (including phenoxy) is 1. The zero-order chi connectivity index (χ0) is 15.3. The average molecular weight is 280 g/mol. The van der Waals surface area contributed by atoms with E-state index in [2.05, 4.69) is 37.6 Å². The number of carbonyl (C=O) groups is 1. The molecule has 0 spiro atoms. The standard InChI is InChI=1S/C14H24N4O2/c1-9(2)18(10(3)4)7-8-20-14-11(15)5-6-12(17-14)13(16)19/h5-6,9-10H,7-8,15H2,1-4H3,(H2,16,19). The van der Waals surface area contributed by atoms with Crippen LogP contribution in [0.2, 0.25) is 0 Å². The minimum atomic E-state index is -0.596. The first kappa shape index (κ1) is 16.2. The van der Waals surface area contributed by atoms with Crippen LogP contribution in [0.3, 0.4) is 0 Å². The van der Waals surface area contributed by atoms with Crippen LogP contribution in [0.15, 0.2) is 12.1 Å². The average Bonchev–Trinajstić information content (AvgIpc) is 2.35. The number of carbonyl (C=O) groups excluding carboxylic acids is 1. The van der Waals surface area contributed by atoms with Gasteiger partial charge in [-0.3, -0.25) is 9.69 Å². The van der Waals surface area contributed by atoms with Crippen molar-refractivity contribution in [2.75, 3.05) is 18.9 Å². The van der Waals surface area contributed by atoms with Gasteiger partial charge < -0.3 is 16.2 Å². The molecule has 0 radical (unpaired) electrons. The van der Waals surface area contributed by atoms with E-state index in [4.69, 9.17) is 16.2 Å². The minimum Gasteiger partial charge on any atom is -0.475 e. The third-order valence-electron chi connectivity index (χ3n) is 3.06. The van der Waals surface area contributed by atoms with Crippen molar-refractivity contribution in [3.8, 4) is 5.88 Å². The Morgan fingerprint density at radius 3 is 2.40 bits per heavy atom. The lowest BCUT2D eigenvalue weighted by Gasteiger charge is -2.30. The van der Waals surface area contributed by atoms with Crippen molar-refractivity contribution in [3.05, 3.63) is 17.8 Å². The second-order valence-electron chi connectivity index (χ2n) is 5.23. The van der Waals surface area contributed by atoms with E-state index in [1.807, 2.05) is 0 Å². The highest BCUT2D eigenvalue weighted by molar-refractivity contribution is 5.91. The number of hydrogen-bond donors (Lipinski definition) is 2. The van der Waals surface area contributed by atoms with Gasteiger partial charge in [0.2, 0.25) is 5.88 Å². The van der Waals surface area contributed by atoms with Gasteiger partial charge in [0.05, 0.1) is 5.69 Å². The third-order valence-corrected chi connectivity index (χ3v) is 3.06. The van der Waals surface area contributed by atoms with Crippen LogP contribution in [0.4, 0.5) is 5.69 Å². The van der Waals surface area contributed by atoms with Gasteiger partial charge in [-0.1, -0.05) is 0 Å². The fourth-order valence-electron chi connectivity index (χ4n) is 2.06. The lowest BCUT2D eigenvalue weighted by atomic mass is 10.2. The monoisotopic (exact) mass is 280 g/mol. The number of rotatable bonds is 7. The molecule has 20 heavy (non-hydrogen) atoms. The maximum atomic E-state index is 11.1. The molecule has 6 nitrogen and oxygen atoms in total. The maximum absolute atomic E-state index is 11.1. The van der Waals surface area contributed by atoms with Gasteiger partial charge in [0, 0.05) is 18.6 Å². The summed E-state index contributed by atoms with van der Waals surface area (Å²) in [6.45, 7) is 9.77. The summed E-state index contributed by atoms with van der Waals surface area (Å²) < 4.78 is 5.57. The Hall–Kier alpha value is -1.82. The van der Waals surface area contributed by atoms with E-state index in [1.165, 1.54) is 6.07 Å². The normalized spacial score (nSPS) is 11.3. The first-order valence-corrected chi connectivity index (χ1v) is 6.77. The van der Waals surface area contributed by atoms with Crippen molar-refractivity contribution < 1.29 is 9.53 Å². The predicted octanol–water partition coefficient (Wildman–Crippen LogP) is 1.26. The van der Waals surface area contributed by atoms with Crippen LogP contribution in [-0.2, 0) is 0 Å². The smallest absolute Gasteiger partial charge is 0.267 e. The number of nitrogen functional groups attached to an aromatic ring is 1. The molecular formula is C14H24N4O2. The van der Waals surface area contributed by atoms with E-state index in [0.29, 0.717) is 24.4 Å². The molecule has 0 fully saturated rings. The fraction of sp³-hybridized carbons (Fsp3) is 0.571. The van der Waals surface area contributed by atoms with E-state index in [0.717, 1.165) is 6.54 Å². The van der Waals surface area contributed by atoms with E-state index < -0.39 is 5.91 Å². The summed E-state index contributed by atoms with van der Waals surface area (Å²) in [5.74, 6) is -0.338. The number of amides is 1. The topological polar surface area (TPSA) is 94.5 Å². The molecular weight excluding hydrogens is 256 g/mol. The Kier molecular flexibility index (Phi) is 5.76. The van der Waals surface area contributed by atoms with Gasteiger partial charge in [-0.15, -0.1) is 0 Å². The van der Waals surface area contributed by atoms with E-state index >= 15 is 0 Å². The molecule has 0 unspecified atom stereocenters. The molecule has 1 rings (SSSR count). The molecule has 1 aromatic rings. The van der Waals surface area contributed by atoms with Gasteiger partial charge in [0.1, 0.15) is 12.3 Å². The van der Waals surface area contributed by atoms with Gasteiger partial charge in [-0.2, -0.15) is 0 Å². The number of hydrogen-bond acceptors (Lipinski definition) is 5. The molecule has 0 aromatic carbocycles. The second-order valence-corrected chi connectivity index (χ2v) is 5.23. The number of anilines is 1. The predicted molar refractivity (Wildman–Crippen MR) is 79.6 cm³/mol. The molecule has 0 aliphatic carbocycles. The summed E-state index contributed by atoms with van der Waals surface area (Å²) in [5, 5.41) is 0. The molecule has 6 heteroatoms. The Balaban J connectivity index is 2.65. The molecule has 0 aliphatic heterocycles. The summed E-state index contributed by atoms with van der Waals surface area (Å²) >= 11 is 0. The van der Waals surface area contributed by atoms with Gasteiger partial charge in [0.15, 0.2) is 0 Å². The van der Waals surface area contributed by atoms with Crippen LogP contribution < -0.4 is 16.2 Å². The largest absolute Gasteiger partial charge is 0.475 e. The van der Waals surface area contributed by atoms with Crippen LogP contribution in [-0.4, -0.2) is 41.0 Å². The molecule has 1 amide bonds. The van der Waals surface area contributed by atoms with Crippen LogP contribution in [0.1, 0.15) is 38.2 Å². The Morgan fingerprint density at radius 1 is 1.30 bits per heavy atom. The van der Waals surface area contributed by atoms with E-state index in [1.54, 1.807) is 6.07 Å². The Labute approximate surface area is 120 Å². The van der Waals surface area contributed by atoms with E-state index in [-0.39, 0.29) is 11.6 Å². The van der Waals surface area contributed by atoms with Gasteiger partial charge in [-0.25, -0.2) is 4.98 Å². The van der Waals surface area contributed by atoms with Crippen LogP contribution in [0.25, 0.3) is 0 Å². The lowest BCUT2D eigenvalue weighted by molar-refractivity contribution is 0.0994. The van der Waals surface area contributed by atoms with Crippen molar-refractivity contribution in [2.24, 2.45) is 5.73 Å². The zero-order valence-corrected chi connectivity index (χ0v) is 12.6. The first-order valence-electron chi connectivity index (χ1n) is 6.77. The van der Waals surface area contributed by atoms with Gasteiger partial charge in [0.25, 0.3) is 5.91 Å². The molecule has 112 valence electrons. The molecule has 1 heterocycles. The summed E-state index contributed by atoms with van der Waals surface area (Å²) in [5.41, 5.74) is 11.5. The van der Waals surface area contributed by atoms with Crippen molar-refractivity contribution in [1.82, 2.24) is 9.88 Å². The maximum Gasteiger partial charge on any atom is 0.267 e. The third kappa shape index (κ3) is 4.38. The van der Waals surface area contributed by atoms with Crippen LogP contribution >= 0.6 is 0 Å². The quantitative estimate of drug-likeness (QED) is 0.784. The number of pyridine rings is 1. The Morgan fingerprint density at radius 2 is 1.90 bits per heavy atom. The number of nitrogens with two attached hydrogens (primary N) is 2. The molecule has 0 bridgehead atoms. The van der Waals surface area contributed by atoms with Gasteiger partial charge >= 0.3 is 0 Å². The van der Waals surface area contributed by atoms with Crippen molar-refractivity contribution in [1.29, 1.82) is 0 Å². The molecule has 1 aromatic heterocycles. The molecule has 0 atom stereocenters. The number of nitrogens with zero attached hydrogens (tertiary/aromatic N) is 2. The minimum absolute atomic E-state index is 0.152. The molecule has 4 N–H and O–H groups in total. The van der Waals surface area contributed by atoms with Crippen LogP contribution in [0, 0.1) is 0 Å².